The minimum Gasteiger partial charge on any atom is -0.489 e. The Morgan fingerprint density at radius 3 is 2.26 bits per heavy atom. The van der Waals surface area contributed by atoms with E-state index >= 15 is 0 Å². The molecule has 0 radical (unpaired) electrons. The third kappa shape index (κ3) is 8.05. The Kier molecular flexibility index (Phi) is 11.2. The molecule has 4 rings (SSSR count). The fourth-order valence-electron chi connectivity index (χ4n) is 3.51. The number of nitrogens with zero attached hydrogens (tertiary/aromatic N) is 2. The molecule has 2 heterocycles. The number of carbonyl (C=O) groups excluding carboxylic acids is 2. The van der Waals surface area contributed by atoms with Crippen molar-refractivity contribution in [2.75, 3.05) is 29.8 Å². The molecule has 1 aliphatic heterocycles. The van der Waals surface area contributed by atoms with Gasteiger partial charge in [0.15, 0.2) is 0 Å². The summed E-state index contributed by atoms with van der Waals surface area (Å²) in [7, 11) is -0.633. The summed E-state index contributed by atoms with van der Waals surface area (Å²) in [5, 5.41) is 4.70. The van der Waals surface area contributed by atoms with E-state index in [1.165, 1.54) is 18.2 Å². The van der Waals surface area contributed by atoms with Gasteiger partial charge in [0.2, 0.25) is 5.60 Å². The van der Waals surface area contributed by atoms with E-state index in [2.05, 4.69) is 15.4 Å². The second-order valence-electron chi connectivity index (χ2n) is 9.17. The van der Waals surface area contributed by atoms with Crippen LogP contribution in [-0.4, -0.2) is 57.0 Å². The van der Waals surface area contributed by atoms with Gasteiger partial charge in [-0.05, 0) is 68.4 Å². The van der Waals surface area contributed by atoms with Crippen LogP contribution in [0.25, 0.3) is 0 Å². The molecular formula is C26H33F4IN4O6S. The Labute approximate surface area is 260 Å². The van der Waals surface area contributed by atoms with Crippen LogP contribution in [0.4, 0.5) is 33.7 Å². The van der Waals surface area contributed by atoms with Crippen molar-refractivity contribution in [2.24, 2.45) is 7.05 Å². The number of fused-ring (bicyclic) bond motifs is 1. The molecule has 1 aliphatic rings. The van der Waals surface area contributed by atoms with Crippen molar-refractivity contribution in [1.29, 1.82) is 0 Å². The minimum absolute atomic E-state index is 0. The molecule has 0 fully saturated rings. The van der Waals surface area contributed by atoms with Gasteiger partial charge in [-0.25, -0.2) is 17.6 Å². The summed E-state index contributed by atoms with van der Waals surface area (Å²) in [5.41, 5.74) is -2.00. The molecular weight excluding hydrogens is 699 g/mol. The molecule has 2 amide bonds. The van der Waals surface area contributed by atoms with Crippen LogP contribution in [0.2, 0.25) is 0 Å². The predicted molar refractivity (Wildman–Crippen MR) is 162 cm³/mol. The quantitative estimate of drug-likeness (QED) is 0.253. The second kappa shape index (κ2) is 13.6. The smallest absolute Gasteiger partial charge is 0.427 e. The Morgan fingerprint density at radius 1 is 1.07 bits per heavy atom. The number of rotatable bonds is 5. The number of benzene rings is 2. The molecule has 3 aromatic rings. The lowest BCUT2D eigenvalue weighted by molar-refractivity contribution is -0.242. The Bertz CT molecular complexity index is 1520. The number of aryl methyl sites for hydroxylation is 1. The normalized spacial score (nSPS) is 12.9. The van der Waals surface area contributed by atoms with Crippen LogP contribution in [0.5, 0.6) is 5.75 Å². The van der Waals surface area contributed by atoms with Gasteiger partial charge in [-0.3, -0.25) is 14.4 Å². The highest BCUT2D eigenvalue weighted by molar-refractivity contribution is 14.0. The van der Waals surface area contributed by atoms with Crippen LogP contribution in [0.3, 0.4) is 0 Å². The van der Waals surface area contributed by atoms with Gasteiger partial charge >= 0.3 is 12.3 Å². The summed E-state index contributed by atoms with van der Waals surface area (Å²) >= 11 is 0. The SMILES string of the molecule is CC(C)(OC(=O)Nc1ccc2c(c1)N(S(=O)(=O)c1ccc(F)cc1)CCO2)C(F)(F)F.CNC(=O)c1cccn1C.I.[HH].[HH]. The van der Waals surface area contributed by atoms with E-state index in [-0.39, 0.29) is 67.9 Å². The number of halogens is 5. The van der Waals surface area contributed by atoms with E-state index in [1.54, 1.807) is 17.7 Å². The lowest BCUT2D eigenvalue weighted by Crippen LogP contribution is -2.44. The number of carbonyl (C=O) groups is 2. The molecule has 0 aliphatic carbocycles. The first-order valence-electron chi connectivity index (χ1n) is 12.0. The van der Waals surface area contributed by atoms with Gasteiger partial charge in [0, 0.05) is 28.8 Å². The molecule has 10 nitrogen and oxygen atoms in total. The fourth-order valence-corrected chi connectivity index (χ4v) is 4.96. The summed E-state index contributed by atoms with van der Waals surface area (Å²) in [4.78, 5) is 22.7. The Hall–Kier alpha value is -3.54. The molecule has 0 bridgehead atoms. The first-order chi connectivity index (χ1) is 19.1. The van der Waals surface area contributed by atoms with Crippen LogP contribution in [0.15, 0.2) is 65.7 Å². The summed E-state index contributed by atoms with van der Waals surface area (Å²) < 4.78 is 90.6. The zero-order chi connectivity index (χ0) is 30.6. The molecule has 2 aromatic carbocycles. The molecule has 0 saturated heterocycles. The monoisotopic (exact) mass is 732 g/mol. The number of amides is 2. The van der Waals surface area contributed by atoms with E-state index in [9.17, 15) is 35.6 Å². The van der Waals surface area contributed by atoms with Gasteiger partial charge in [0.25, 0.3) is 15.9 Å². The third-order valence-corrected chi connectivity index (χ3v) is 7.69. The fraction of sp³-hybridized carbons (Fsp3) is 0.308. The maximum absolute atomic E-state index is 13.2. The van der Waals surface area contributed by atoms with Crippen LogP contribution < -0.4 is 19.7 Å². The number of sulfonamides is 1. The first-order valence-corrected chi connectivity index (χ1v) is 13.5. The zero-order valence-corrected chi connectivity index (χ0v) is 26.0. The van der Waals surface area contributed by atoms with Crippen LogP contribution in [0, 0.1) is 5.82 Å². The van der Waals surface area contributed by atoms with Gasteiger partial charge in [0.05, 0.1) is 17.1 Å². The predicted octanol–water partition coefficient (Wildman–Crippen LogP) is 5.80. The molecule has 2 N–H and O–H groups in total. The topological polar surface area (TPSA) is 119 Å². The molecule has 0 spiro atoms. The number of aromatic nitrogens is 1. The van der Waals surface area contributed by atoms with Crippen molar-refractivity contribution in [3.8, 4) is 5.75 Å². The molecule has 0 saturated carbocycles. The number of ether oxygens (including phenoxy) is 2. The minimum atomic E-state index is -4.78. The number of hydrogen-bond donors (Lipinski definition) is 2. The number of alkyl halides is 3. The Morgan fingerprint density at radius 2 is 1.71 bits per heavy atom. The van der Waals surface area contributed by atoms with Gasteiger partial charge in [-0.1, -0.05) is 0 Å². The van der Waals surface area contributed by atoms with Crippen LogP contribution >= 0.6 is 24.0 Å². The molecule has 0 atom stereocenters. The summed E-state index contributed by atoms with van der Waals surface area (Å²) in [5.74, 6) is -0.466. The lowest BCUT2D eigenvalue weighted by Gasteiger charge is -2.31. The van der Waals surface area contributed by atoms with E-state index in [0.717, 1.165) is 28.6 Å². The summed E-state index contributed by atoms with van der Waals surface area (Å²) in [6.45, 7) is 1.37. The number of anilines is 2. The summed E-state index contributed by atoms with van der Waals surface area (Å²) in [6, 6.07) is 11.8. The van der Waals surface area contributed by atoms with Crippen molar-refractivity contribution < 1.29 is 47.9 Å². The maximum Gasteiger partial charge on any atom is 0.427 e. The number of nitrogens with one attached hydrogen (secondary N) is 2. The van der Waals surface area contributed by atoms with Gasteiger partial charge in [0.1, 0.15) is 23.9 Å². The van der Waals surface area contributed by atoms with E-state index in [1.807, 2.05) is 19.3 Å². The van der Waals surface area contributed by atoms with Gasteiger partial charge in [-0.15, -0.1) is 24.0 Å². The van der Waals surface area contributed by atoms with Crippen molar-refractivity contribution in [3.05, 3.63) is 72.3 Å². The molecule has 0 unspecified atom stereocenters. The standard InChI is InChI=1S/C19H18F4N2O5S.C7H10N2O.HI.2H2/c1-18(2,19(21,22)23)30-17(26)24-13-5-8-16-15(11-13)25(9-10-29-16)31(27,28)14-6-3-12(20)4-7-14;1-8-7(10)6-4-3-5-9(6)2;;;/h3-8,11H,9-10H2,1-2H3,(H,24,26);3-5H,1-2H3,(H,8,10);3*1H. The molecule has 16 heteroatoms. The average Bonchev–Trinajstić information content (AvgIpc) is 3.33. The second-order valence-corrected chi connectivity index (χ2v) is 11.0. The zero-order valence-electron chi connectivity index (χ0n) is 22.9. The third-order valence-electron chi connectivity index (χ3n) is 5.86. The number of hydrogen-bond acceptors (Lipinski definition) is 6. The van der Waals surface area contributed by atoms with Gasteiger partial charge in [-0.2, -0.15) is 13.2 Å². The van der Waals surface area contributed by atoms with Crippen molar-refractivity contribution in [3.63, 3.8) is 0 Å². The Balaban J connectivity index is 0.00000122. The lowest BCUT2D eigenvalue weighted by atomic mass is 10.1. The highest BCUT2D eigenvalue weighted by Gasteiger charge is 2.51. The van der Waals surface area contributed by atoms with Crippen LogP contribution in [-0.2, 0) is 21.8 Å². The van der Waals surface area contributed by atoms with Crippen molar-refractivity contribution in [1.82, 2.24) is 9.88 Å². The average molecular weight is 733 g/mol. The largest absolute Gasteiger partial charge is 0.489 e. The maximum atomic E-state index is 13.2. The van der Waals surface area contributed by atoms with Crippen molar-refractivity contribution >= 4 is 57.4 Å². The highest BCUT2D eigenvalue weighted by atomic mass is 127. The molecule has 42 heavy (non-hydrogen) atoms. The highest BCUT2D eigenvalue weighted by Crippen LogP contribution is 2.38. The molecule has 234 valence electrons. The summed E-state index contributed by atoms with van der Waals surface area (Å²) in [6.07, 6.45) is -4.31. The van der Waals surface area contributed by atoms with E-state index in [4.69, 9.17) is 4.74 Å². The van der Waals surface area contributed by atoms with E-state index in [0.29, 0.717) is 19.5 Å². The van der Waals surface area contributed by atoms with Crippen LogP contribution in [0.1, 0.15) is 27.2 Å². The molecule has 1 aromatic heterocycles. The van der Waals surface area contributed by atoms with Gasteiger partial charge < -0.3 is 19.4 Å². The van der Waals surface area contributed by atoms with Crippen molar-refractivity contribution in [2.45, 2.75) is 30.5 Å². The van der Waals surface area contributed by atoms with E-state index < -0.39 is 33.7 Å². The first kappa shape index (κ1) is 34.7.